The van der Waals surface area contributed by atoms with Crippen LogP contribution in [0.1, 0.15) is 52.0 Å². The Hall–Kier alpha value is -1.71. The van der Waals surface area contributed by atoms with Crippen LogP contribution in [0.3, 0.4) is 0 Å². The number of carbonyl (C=O) groups excluding carboxylic acids is 1. The van der Waals surface area contributed by atoms with E-state index >= 15 is 0 Å². The summed E-state index contributed by atoms with van der Waals surface area (Å²) in [5.41, 5.74) is 1.30. The fourth-order valence-electron chi connectivity index (χ4n) is 2.24. The molecule has 0 aromatic heterocycles. The van der Waals surface area contributed by atoms with E-state index in [4.69, 9.17) is 4.74 Å². The third-order valence-electron chi connectivity index (χ3n) is 3.47. The van der Waals surface area contributed by atoms with Gasteiger partial charge in [0.2, 0.25) is 0 Å². The summed E-state index contributed by atoms with van der Waals surface area (Å²) in [7, 11) is 0. The summed E-state index contributed by atoms with van der Waals surface area (Å²) in [4.78, 5) is 13.9. The second-order valence-electron chi connectivity index (χ2n) is 5.79. The van der Waals surface area contributed by atoms with E-state index in [0.29, 0.717) is 19.1 Å². The van der Waals surface area contributed by atoms with E-state index in [-0.39, 0.29) is 6.03 Å². The van der Waals surface area contributed by atoms with Crippen molar-refractivity contribution in [2.24, 2.45) is 0 Å². The lowest BCUT2D eigenvalue weighted by molar-refractivity contribution is 0.194. The first-order valence-electron chi connectivity index (χ1n) is 8.34. The second kappa shape index (κ2) is 10.1. The molecule has 0 aliphatic rings. The summed E-state index contributed by atoms with van der Waals surface area (Å²) in [5, 5.41) is 2.91. The fraction of sp³-hybridized carbons (Fsp3) is 0.611. The molecule has 0 bridgehead atoms. The number of rotatable bonds is 9. The molecule has 1 rings (SSSR count). The van der Waals surface area contributed by atoms with Crippen LogP contribution in [0.2, 0.25) is 0 Å². The van der Waals surface area contributed by atoms with Crippen LogP contribution in [0.5, 0.6) is 5.75 Å². The van der Waals surface area contributed by atoms with Crippen LogP contribution in [0.25, 0.3) is 0 Å². The van der Waals surface area contributed by atoms with Gasteiger partial charge in [0.05, 0.1) is 6.54 Å². The van der Waals surface area contributed by atoms with Crippen LogP contribution in [-0.4, -0.2) is 37.2 Å². The third kappa shape index (κ3) is 6.37. The molecule has 1 aromatic rings. The maximum atomic E-state index is 12.0. The van der Waals surface area contributed by atoms with Crippen molar-refractivity contribution < 1.29 is 9.53 Å². The van der Waals surface area contributed by atoms with Crippen LogP contribution in [0.4, 0.5) is 4.79 Å². The summed E-state index contributed by atoms with van der Waals surface area (Å²) in [6.07, 6.45) is 1.96. The normalized spacial score (nSPS) is 10.6. The first-order valence-corrected chi connectivity index (χ1v) is 8.34. The van der Waals surface area contributed by atoms with E-state index in [1.165, 1.54) is 5.56 Å². The van der Waals surface area contributed by atoms with Crippen LogP contribution in [0, 0.1) is 0 Å². The Morgan fingerprint density at radius 2 is 1.73 bits per heavy atom. The quantitative estimate of drug-likeness (QED) is 0.700. The van der Waals surface area contributed by atoms with E-state index in [1.807, 2.05) is 17.0 Å². The van der Waals surface area contributed by atoms with Crippen molar-refractivity contribution in [1.29, 1.82) is 0 Å². The van der Waals surface area contributed by atoms with Gasteiger partial charge in [0.25, 0.3) is 0 Å². The molecule has 0 unspecified atom stereocenters. The van der Waals surface area contributed by atoms with Crippen molar-refractivity contribution in [3.05, 3.63) is 29.8 Å². The van der Waals surface area contributed by atoms with Crippen LogP contribution < -0.4 is 10.1 Å². The molecule has 0 spiro atoms. The largest absolute Gasteiger partial charge is 0.492 e. The number of benzene rings is 1. The van der Waals surface area contributed by atoms with Crippen molar-refractivity contribution in [3.8, 4) is 5.75 Å². The van der Waals surface area contributed by atoms with Gasteiger partial charge in [-0.25, -0.2) is 4.79 Å². The zero-order chi connectivity index (χ0) is 16.4. The maximum absolute atomic E-state index is 12.0. The summed E-state index contributed by atoms with van der Waals surface area (Å²) in [6, 6.07) is 8.14. The topological polar surface area (TPSA) is 41.6 Å². The van der Waals surface area contributed by atoms with Crippen LogP contribution >= 0.6 is 0 Å². The smallest absolute Gasteiger partial charge is 0.317 e. The number of ether oxygens (including phenoxy) is 1. The highest BCUT2D eigenvalue weighted by Gasteiger charge is 2.10. The highest BCUT2D eigenvalue weighted by atomic mass is 16.5. The molecule has 4 heteroatoms. The van der Waals surface area contributed by atoms with Gasteiger partial charge in [-0.2, -0.15) is 0 Å². The number of nitrogens with zero attached hydrogens (tertiary/aromatic N) is 1. The van der Waals surface area contributed by atoms with E-state index in [1.54, 1.807) is 0 Å². The van der Waals surface area contributed by atoms with E-state index in [2.05, 4.69) is 45.1 Å². The molecule has 0 fully saturated rings. The molecule has 0 heterocycles. The first kappa shape index (κ1) is 18.3. The number of hydrogen-bond acceptors (Lipinski definition) is 2. The molecular weight excluding hydrogens is 276 g/mol. The average Bonchev–Trinajstić information content (AvgIpc) is 2.51. The summed E-state index contributed by atoms with van der Waals surface area (Å²) in [5.74, 6) is 1.37. The van der Waals surface area contributed by atoms with E-state index < -0.39 is 0 Å². The monoisotopic (exact) mass is 306 g/mol. The van der Waals surface area contributed by atoms with Crippen molar-refractivity contribution in [2.75, 3.05) is 26.2 Å². The van der Waals surface area contributed by atoms with Gasteiger partial charge < -0.3 is 15.0 Å². The minimum Gasteiger partial charge on any atom is -0.492 e. The number of carbonyl (C=O) groups is 1. The number of nitrogens with one attached hydrogen (secondary N) is 1. The van der Waals surface area contributed by atoms with Crippen molar-refractivity contribution in [2.45, 2.75) is 46.5 Å². The van der Waals surface area contributed by atoms with Crippen molar-refractivity contribution in [1.82, 2.24) is 10.2 Å². The van der Waals surface area contributed by atoms with Gasteiger partial charge in [0.15, 0.2) is 0 Å². The highest BCUT2D eigenvalue weighted by Crippen LogP contribution is 2.18. The standard InChI is InChI=1S/C18H30N2O2/c1-5-12-20(13-6-2)18(21)19-11-14-22-17-9-7-16(8-10-17)15(3)4/h7-10,15H,5-6,11-14H2,1-4H3,(H,19,21). The Morgan fingerprint density at radius 3 is 2.23 bits per heavy atom. The fourth-order valence-corrected chi connectivity index (χ4v) is 2.24. The van der Waals surface area contributed by atoms with Crippen LogP contribution in [-0.2, 0) is 0 Å². The first-order chi connectivity index (χ1) is 10.6. The molecule has 0 atom stereocenters. The van der Waals surface area contributed by atoms with E-state index in [9.17, 15) is 4.79 Å². The molecule has 0 aliphatic heterocycles. The minimum absolute atomic E-state index is 0.00227. The third-order valence-corrected chi connectivity index (χ3v) is 3.47. The summed E-state index contributed by atoms with van der Waals surface area (Å²) in [6.45, 7) is 11.1. The summed E-state index contributed by atoms with van der Waals surface area (Å²) < 4.78 is 5.66. The van der Waals surface area contributed by atoms with Crippen molar-refractivity contribution >= 4 is 6.03 Å². The zero-order valence-electron chi connectivity index (χ0n) is 14.4. The Balaban J connectivity index is 2.30. The SMILES string of the molecule is CCCN(CCC)C(=O)NCCOc1ccc(C(C)C)cc1. The molecule has 4 nitrogen and oxygen atoms in total. The lowest BCUT2D eigenvalue weighted by Crippen LogP contribution is -2.42. The Labute approximate surface area is 134 Å². The highest BCUT2D eigenvalue weighted by molar-refractivity contribution is 5.74. The predicted octanol–water partition coefficient (Wildman–Crippen LogP) is 4.02. The lowest BCUT2D eigenvalue weighted by Gasteiger charge is -2.21. The van der Waals surface area contributed by atoms with Gasteiger partial charge in [-0.05, 0) is 36.5 Å². The number of urea groups is 1. The molecular formula is C18H30N2O2. The molecule has 0 saturated carbocycles. The van der Waals surface area contributed by atoms with Gasteiger partial charge in [-0.15, -0.1) is 0 Å². The predicted molar refractivity (Wildman–Crippen MR) is 91.6 cm³/mol. The Kier molecular flexibility index (Phi) is 8.41. The molecule has 1 aromatic carbocycles. The van der Waals surface area contributed by atoms with E-state index in [0.717, 1.165) is 31.7 Å². The van der Waals surface area contributed by atoms with Crippen molar-refractivity contribution in [3.63, 3.8) is 0 Å². The Morgan fingerprint density at radius 1 is 1.14 bits per heavy atom. The minimum atomic E-state index is 0.00227. The molecule has 0 aliphatic carbocycles. The maximum Gasteiger partial charge on any atom is 0.317 e. The molecule has 1 N–H and O–H groups in total. The number of hydrogen-bond donors (Lipinski definition) is 1. The zero-order valence-corrected chi connectivity index (χ0v) is 14.4. The molecule has 0 saturated heterocycles. The summed E-state index contributed by atoms with van der Waals surface area (Å²) >= 11 is 0. The number of amides is 2. The molecule has 0 radical (unpaired) electrons. The van der Waals surface area contributed by atoms with Gasteiger partial charge in [0.1, 0.15) is 12.4 Å². The van der Waals surface area contributed by atoms with Gasteiger partial charge in [0, 0.05) is 13.1 Å². The second-order valence-corrected chi connectivity index (χ2v) is 5.79. The van der Waals surface area contributed by atoms with Crippen LogP contribution in [0.15, 0.2) is 24.3 Å². The molecule has 22 heavy (non-hydrogen) atoms. The van der Waals surface area contributed by atoms with Gasteiger partial charge >= 0.3 is 6.03 Å². The Bertz CT molecular complexity index is 423. The van der Waals surface area contributed by atoms with Gasteiger partial charge in [-0.3, -0.25) is 0 Å². The van der Waals surface area contributed by atoms with Gasteiger partial charge in [-0.1, -0.05) is 39.8 Å². The average molecular weight is 306 g/mol. The molecule has 2 amide bonds. The molecule has 124 valence electrons. The lowest BCUT2D eigenvalue weighted by atomic mass is 10.0.